The summed E-state index contributed by atoms with van der Waals surface area (Å²) in [6, 6.07) is 5.97. The second-order valence-electron chi connectivity index (χ2n) is 9.74. The highest BCUT2D eigenvalue weighted by Gasteiger charge is 2.57. The summed E-state index contributed by atoms with van der Waals surface area (Å²) < 4.78 is 77.8. The normalized spacial score (nSPS) is 17.9. The maximum atomic E-state index is 14.6. The topological polar surface area (TPSA) is 153 Å². The summed E-state index contributed by atoms with van der Waals surface area (Å²) in [5, 5.41) is 12.7. The quantitative estimate of drug-likeness (QED) is 0.234. The summed E-state index contributed by atoms with van der Waals surface area (Å²) in [5.41, 5.74) is 3.74. The van der Waals surface area contributed by atoms with Crippen LogP contribution in [0.15, 0.2) is 36.4 Å². The van der Waals surface area contributed by atoms with Gasteiger partial charge < -0.3 is 26.6 Å². The van der Waals surface area contributed by atoms with Crippen molar-refractivity contribution in [2.45, 2.75) is 24.1 Å². The summed E-state index contributed by atoms with van der Waals surface area (Å²) in [7, 11) is 0. The molecule has 0 spiro atoms. The molecule has 220 valence electrons. The van der Waals surface area contributed by atoms with Crippen molar-refractivity contribution in [2.75, 3.05) is 18.9 Å². The molecular weight excluding hydrogens is 609 g/mol. The second kappa shape index (κ2) is 10.0. The first-order chi connectivity index (χ1) is 19.5. The minimum Gasteiger partial charge on any atom is -0.489 e. The zero-order valence-electron chi connectivity index (χ0n) is 21.3. The maximum Gasteiger partial charge on any atom is 0.424 e. The van der Waals surface area contributed by atoms with E-state index >= 15 is 0 Å². The highest BCUT2D eigenvalue weighted by molar-refractivity contribution is 7.22. The number of nitrogens with zero attached hydrogens (tertiary/aromatic N) is 2. The van der Waals surface area contributed by atoms with E-state index in [0.29, 0.717) is 0 Å². The molecule has 3 heterocycles. The first-order valence-electron chi connectivity index (χ1n) is 11.9. The van der Waals surface area contributed by atoms with Crippen molar-refractivity contribution in [2.24, 2.45) is 5.73 Å². The molecule has 0 saturated carbocycles. The second-order valence-corrected chi connectivity index (χ2v) is 11.2. The van der Waals surface area contributed by atoms with Gasteiger partial charge in [-0.15, -0.1) is 0 Å². The minimum atomic E-state index is -5.44. The highest BCUT2D eigenvalue weighted by Crippen LogP contribution is 2.48. The number of nitrogens with two attached hydrogens (primary N) is 2. The van der Waals surface area contributed by atoms with Crippen LogP contribution in [0.5, 0.6) is 5.75 Å². The molecule has 6 N–H and O–H groups in total. The van der Waals surface area contributed by atoms with Gasteiger partial charge in [0, 0.05) is 16.7 Å². The molecule has 2 amide bonds. The predicted molar refractivity (Wildman–Crippen MR) is 143 cm³/mol. The Morgan fingerprint density at radius 2 is 1.88 bits per heavy atom. The number of amides is 2. The lowest BCUT2D eigenvalue weighted by Gasteiger charge is -2.31. The van der Waals surface area contributed by atoms with Gasteiger partial charge in [-0.2, -0.15) is 13.2 Å². The number of carbonyl (C=O) groups excluding carboxylic acids is 2. The Bertz CT molecular complexity index is 1780. The number of halogens is 6. The van der Waals surface area contributed by atoms with Gasteiger partial charge in [0.2, 0.25) is 11.5 Å². The molecule has 1 aliphatic rings. The highest BCUT2D eigenvalue weighted by atomic mass is 35.5. The van der Waals surface area contributed by atoms with Crippen LogP contribution in [-0.4, -0.2) is 46.2 Å². The number of carbonyl (C=O) groups is 2. The number of primary amides is 1. The van der Waals surface area contributed by atoms with E-state index in [1.54, 1.807) is 0 Å². The number of hydrogen-bond donors (Lipinski definition) is 4. The third kappa shape index (κ3) is 4.76. The zero-order valence-corrected chi connectivity index (χ0v) is 22.8. The number of hydrogen-bond acceptors (Lipinski definition) is 8. The van der Waals surface area contributed by atoms with Gasteiger partial charge in [0.25, 0.3) is 5.91 Å². The van der Waals surface area contributed by atoms with Crippen LogP contribution >= 0.6 is 22.9 Å². The van der Waals surface area contributed by atoms with E-state index in [2.05, 4.69) is 9.97 Å². The monoisotopic (exact) mass is 627 g/mol. The number of benzene rings is 2. The minimum absolute atomic E-state index is 0.00869. The van der Waals surface area contributed by atoms with E-state index in [9.17, 15) is 36.6 Å². The Morgan fingerprint density at radius 3 is 2.52 bits per heavy atom. The molecule has 4 aromatic rings. The Labute approximate surface area is 242 Å². The molecule has 0 bridgehead atoms. The number of nitrogens with one attached hydrogen (secondary N) is 1. The van der Waals surface area contributed by atoms with Gasteiger partial charge in [-0.1, -0.05) is 22.9 Å². The lowest BCUT2D eigenvalue weighted by Crippen LogP contribution is -2.51. The van der Waals surface area contributed by atoms with Gasteiger partial charge in [0.1, 0.15) is 34.8 Å². The summed E-state index contributed by atoms with van der Waals surface area (Å²) >= 11 is 6.75. The number of aliphatic hydroxyl groups is 1. The standard InChI is InChI=1S/C26H19ClF5N5O4S/c1-24(22(33)39)9-41-20-12(24)7-17(36-18(20)10-2-3-14(28)13(27)4-10)25(40,26(30,31)32)8-35-21(38)11-5-15(29)19-16(6-11)42-23(34)37-19/h2-7,40H,8-9H2,1H3,(H2,33,39)(H2,34,37)(H,35,38)/t24-,25?/m0/s1. The number of anilines is 1. The van der Waals surface area contributed by atoms with E-state index in [0.717, 1.165) is 35.6 Å². The molecule has 5 rings (SSSR count). The Morgan fingerprint density at radius 1 is 1.17 bits per heavy atom. The number of rotatable bonds is 6. The first-order valence-corrected chi connectivity index (χ1v) is 13.1. The van der Waals surface area contributed by atoms with Crippen molar-refractivity contribution >= 4 is 50.1 Å². The van der Waals surface area contributed by atoms with Crippen LogP contribution in [0.3, 0.4) is 0 Å². The molecule has 2 aromatic carbocycles. The van der Waals surface area contributed by atoms with Crippen molar-refractivity contribution < 1.29 is 41.4 Å². The van der Waals surface area contributed by atoms with Crippen molar-refractivity contribution in [1.29, 1.82) is 0 Å². The lowest BCUT2D eigenvalue weighted by molar-refractivity contribution is -0.265. The van der Waals surface area contributed by atoms with Crippen LogP contribution in [0.1, 0.15) is 28.5 Å². The fourth-order valence-electron chi connectivity index (χ4n) is 4.42. The smallest absolute Gasteiger partial charge is 0.424 e. The molecule has 2 aromatic heterocycles. The van der Waals surface area contributed by atoms with Crippen LogP contribution < -0.4 is 21.5 Å². The van der Waals surface area contributed by atoms with Crippen LogP contribution in [0.25, 0.3) is 21.5 Å². The summed E-state index contributed by atoms with van der Waals surface area (Å²) in [6.07, 6.45) is -5.44. The van der Waals surface area contributed by atoms with Crippen molar-refractivity contribution in [3.05, 3.63) is 69.9 Å². The fourth-order valence-corrected chi connectivity index (χ4v) is 5.39. The summed E-state index contributed by atoms with van der Waals surface area (Å²) in [6.45, 7) is -0.497. The Hall–Kier alpha value is -4.08. The van der Waals surface area contributed by atoms with Crippen molar-refractivity contribution in [1.82, 2.24) is 15.3 Å². The van der Waals surface area contributed by atoms with Gasteiger partial charge in [0.05, 0.1) is 22.0 Å². The number of fused-ring (bicyclic) bond motifs is 2. The molecule has 42 heavy (non-hydrogen) atoms. The van der Waals surface area contributed by atoms with Gasteiger partial charge in [-0.3, -0.25) is 9.59 Å². The average Bonchev–Trinajstić information content (AvgIpc) is 3.47. The maximum absolute atomic E-state index is 14.6. The molecule has 1 unspecified atom stereocenters. The van der Waals surface area contributed by atoms with E-state index in [1.165, 1.54) is 19.1 Å². The summed E-state index contributed by atoms with van der Waals surface area (Å²) in [5.74, 6) is -3.95. The summed E-state index contributed by atoms with van der Waals surface area (Å²) in [4.78, 5) is 33.0. The molecule has 16 heteroatoms. The molecule has 0 saturated heterocycles. The predicted octanol–water partition coefficient (Wildman–Crippen LogP) is 4.19. The number of thiazole rings is 1. The van der Waals surface area contributed by atoms with Crippen molar-refractivity contribution in [3.63, 3.8) is 0 Å². The third-order valence-corrected chi connectivity index (χ3v) is 8.06. The van der Waals surface area contributed by atoms with Crippen molar-refractivity contribution in [3.8, 4) is 17.0 Å². The van der Waals surface area contributed by atoms with Gasteiger partial charge in [0.15, 0.2) is 10.9 Å². The van der Waals surface area contributed by atoms with Gasteiger partial charge in [-0.05, 0) is 43.3 Å². The molecule has 2 atom stereocenters. The van der Waals surface area contributed by atoms with Crippen LogP contribution in [0.2, 0.25) is 5.02 Å². The Balaban J connectivity index is 1.61. The third-order valence-electron chi connectivity index (χ3n) is 6.93. The molecule has 9 nitrogen and oxygen atoms in total. The molecule has 0 fully saturated rings. The molecule has 0 aliphatic carbocycles. The van der Waals surface area contributed by atoms with Crippen LogP contribution in [-0.2, 0) is 15.8 Å². The van der Waals surface area contributed by atoms with E-state index < -0.39 is 52.9 Å². The van der Waals surface area contributed by atoms with Gasteiger partial charge >= 0.3 is 6.18 Å². The number of alkyl halides is 3. The fraction of sp³-hybridized carbons (Fsp3) is 0.231. The first kappa shape index (κ1) is 29.4. The SMILES string of the molecule is C[C@]1(C(N)=O)COc2c1cc(C(O)(CNC(=O)c1cc(F)c3nc(N)sc3c1)C(F)(F)F)nc2-c1ccc(F)c(Cl)c1. The van der Waals surface area contributed by atoms with E-state index in [1.807, 2.05) is 5.32 Å². The van der Waals surface area contributed by atoms with E-state index in [-0.39, 0.29) is 55.1 Å². The number of ether oxygens (including phenoxy) is 1. The average molecular weight is 628 g/mol. The molecule has 1 aliphatic heterocycles. The zero-order chi connectivity index (χ0) is 30.8. The Kier molecular flexibility index (Phi) is 7.02. The van der Waals surface area contributed by atoms with Crippen LogP contribution in [0.4, 0.5) is 27.1 Å². The van der Waals surface area contributed by atoms with Gasteiger partial charge in [-0.25, -0.2) is 18.7 Å². The largest absolute Gasteiger partial charge is 0.489 e. The van der Waals surface area contributed by atoms with E-state index in [4.69, 9.17) is 27.8 Å². The lowest BCUT2D eigenvalue weighted by atomic mass is 9.81. The van der Waals surface area contributed by atoms with Crippen LogP contribution in [0, 0.1) is 11.6 Å². The number of nitrogen functional groups attached to an aromatic ring is 1. The number of pyridine rings is 1. The molecule has 0 radical (unpaired) electrons. The number of aromatic nitrogens is 2. The molecular formula is C26H19ClF5N5O4S.